The van der Waals surface area contributed by atoms with E-state index in [9.17, 15) is 4.79 Å². The third-order valence-electron chi connectivity index (χ3n) is 5.98. The van der Waals surface area contributed by atoms with E-state index in [1.54, 1.807) is 19.3 Å². The molecule has 0 fully saturated rings. The quantitative estimate of drug-likeness (QED) is 0.276. The molecule has 35 heavy (non-hydrogen) atoms. The summed E-state index contributed by atoms with van der Waals surface area (Å²) in [5.74, 6) is 0.690. The van der Waals surface area contributed by atoms with Crippen molar-refractivity contribution >= 4 is 39.3 Å². The number of anilines is 1. The lowest BCUT2D eigenvalue weighted by molar-refractivity contribution is 0.102. The maximum atomic E-state index is 11.9. The number of fused-ring (bicyclic) bond motifs is 2. The molecule has 0 unspecified atom stereocenters. The number of H-pyrrole nitrogens is 2. The van der Waals surface area contributed by atoms with Gasteiger partial charge in [-0.05, 0) is 55.0 Å². The summed E-state index contributed by atoms with van der Waals surface area (Å²) in [4.78, 5) is 26.1. The van der Waals surface area contributed by atoms with Gasteiger partial charge in [0.05, 0.1) is 21.8 Å². The van der Waals surface area contributed by atoms with Gasteiger partial charge in [-0.1, -0.05) is 6.07 Å². The number of imidazole rings is 1. The monoisotopic (exact) mass is 479 g/mol. The molecule has 0 aliphatic heterocycles. The molecule has 0 spiro atoms. The molecule has 5 aromatic rings. The molecular formula is C26H21N7OS. The number of hydrogen-bond donors (Lipinski definition) is 4. The van der Waals surface area contributed by atoms with Crippen molar-refractivity contribution in [2.24, 2.45) is 5.73 Å². The van der Waals surface area contributed by atoms with Crippen molar-refractivity contribution in [3.63, 3.8) is 0 Å². The first-order valence-corrected chi connectivity index (χ1v) is 11.8. The van der Waals surface area contributed by atoms with Crippen LogP contribution in [0.15, 0.2) is 66.6 Å². The van der Waals surface area contributed by atoms with Gasteiger partial charge in [-0.3, -0.25) is 14.9 Å². The van der Waals surface area contributed by atoms with Crippen LogP contribution in [-0.2, 0) is 6.42 Å². The molecule has 172 valence electrons. The van der Waals surface area contributed by atoms with Gasteiger partial charge in [0, 0.05) is 51.6 Å². The maximum absolute atomic E-state index is 11.9. The van der Waals surface area contributed by atoms with Gasteiger partial charge < -0.3 is 16.5 Å². The smallest absolute Gasteiger partial charge is 0.169 e. The number of aromatic amines is 2. The zero-order valence-electron chi connectivity index (χ0n) is 18.8. The normalized spacial score (nSPS) is 13.3. The minimum atomic E-state index is 0.0441. The van der Waals surface area contributed by atoms with Crippen LogP contribution in [0.2, 0.25) is 0 Å². The number of Topliss-reactive ketones (excluding diaryl/α,β-unsaturated/α-hetero) is 1. The predicted molar refractivity (Wildman–Crippen MR) is 139 cm³/mol. The number of nitrogens with zero attached hydrogens (tertiary/aromatic N) is 3. The second kappa shape index (κ2) is 8.07. The number of nitrogen functional groups attached to an aromatic ring is 1. The fraction of sp³-hybridized carbons (Fsp3) is 0.0769. The number of thiophene rings is 1. The first kappa shape index (κ1) is 21.1. The molecule has 1 aliphatic carbocycles. The molecule has 4 heterocycles. The number of nitrogens with two attached hydrogens (primary N) is 2. The molecule has 9 heteroatoms. The number of aromatic nitrogens is 5. The number of rotatable bonds is 4. The Hall–Kier alpha value is -4.50. The van der Waals surface area contributed by atoms with Gasteiger partial charge in [-0.25, -0.2) is 4.98 Å². The Morgan fingerprint density at radius 1 is 1.03 bits per heavy atom. The lowest BCUT2D eigenvalue weighted by atomic mass is 10.0. The van der Waals surface area contributed by atoms with Gasteiger partial charge in [-0.15, -0.1) is 11.3 Å². The largest absolute Gasteiger partial charge is 0.402 e. The van der Waals surface area contributed by atoms with Gasteiger partial charge in [-0.2, -0.15) is 5.10 Å². The van der Waals surface area contributed by atoms with E-state index in [4.69, 9.17) is 16.5 Å². The standard InChI is InChI=1S/C26H21N7OS/c1-13(34)22-6-7-23(35-22)18-4-3-16(27)10-21-24(18)31-26(30-21)25-19-9-14(2-5-20(19)32-33-25)15-8-17(28)12-29-11-15/h2-9,11-12H,10,27-28H2,1H3,(H,30,31)(H,32,33). The lowest BCUT2D eigenvalue weighted by Gasteiger charge is -2.03. The molecule has 0 bridgehead atoms. The minimum Gasteiger partial charge on any atom is -0.402 e. The van der Waals surface area contributed by atoms with Crippen LogP contribution in [-0.4, -0.2) is 30.9 Å². The van der Waals surface area contributed by atoms with E-state index in [-0.39, 0.29) is 5.78 Å². The summed E-state index contributed by atoms with van der Waals surface area (Å²) in [6.45, 7) is 1.57. The van der Waals surface area contributed by atoms with Crippen molar-refractivity contribution in [1.29, 1.82) is 0 Å². The number of carbonyl (C=O) groups excluding carboxylic acids is 1. The van der Waals surface area contributed by atoms with Gasteiger partial charge >= 0.3 is 0 Å². The van der Waals surface area contributed by atoms with Crippen LogP contribution in [0.4, 0.5) is 5.69 Å². The highest BCUT2D eigenvalue weighted by atomic mass is 32.1. The fourth-order valence-corrected chi connectivity index (χ4v) is 5.19. The molecule has 0 atom stereocenters. The van der Waals surface area contributed by atoms with E-state index < -0.39 is 0 Å². The van der Waals surface area contributed by atoms with Gasteiger partial charge in [0.15, 0.2) is 11.6 Å². The average molecular weight is 480 g/mol. The summed E-state index contributed by atoms with van der Waals surface area (Å²) in [5.41, 5.74) is 19.7. The first-order chi connectivity index (χ1) is 17.0. The number of hydrogen-bond acceptors (Lipinski definition) is 7. The van der Waals surface area contributed by atoms with Crippen molar-refractivity contribution < 1.29 is 4.79 Å². The van der Waals surface area contributed by atoms with E-state index in [1.807, 2.05) is 42.5 Å². The zero-order chi connectivity index (χ0) is 24.1. The molecular weight excluding hydrogens is 458 g/mol. The highest BCUT2D eigenvalue weighted by Gasteiger charge is 2.22. The molecule has 0 radical (unpaired) electrons. The molecule has 6 rings (SSSR count). The summed E-state index contributed by atoms with van der Waals surface area (Å²) in [6, 6.07) is 11.7. The van der Waals surface area contributed by atoms with E-state index >= 15 is 0 Å². The maximum Gasteiger partial charge on any atom is 0.169 e. The van der Waals surface area contributed by atoms with Crippen molar-refractivity contribution in [3.8, 4) is 22.6 Å². The molecule has 0 saturated heterocycles. The number of benzene rings is 1. The van der Waals surface area contributed by atoms with Crippen LogP contribution >= 0.6 is 11.3 Å². The molecule has 4 aromatic heterocycles. The Morgan fingerprint density at radius 2 is 1.91 bits per heavy atom. The van der Waals surface area contributed by atoms with Crippen molar-refractivity contribution in [3.05, 3.63) is 87.8 Å². The Labute approximate surface area is 204 Å². The Kier molecular flexibility index (Phi) is 4.85. The summed E-state index contributed by atoms with van der Waals surface area (Å²) >= 11 is 1.45. The highest BCUT2D eigenvalue weighted by Crippen LogP contribution is 2.36. The molecule has 6 N–H and O–H groups in total. The van der Waals surface area contributed by atoms with Crippen LogP contribution in [0.3, 0.4) is 0 Å². The van der Waals surface area contributed by atoms with Gasteiger partial charge in [0.25, 0.3) is 0 Å². The zero-order valence-corrected chi connectivity index (χ0v) is 19.6. The molecule has 0 amide bonds. The van der Waals surface area contributed by atoms with Crippen molar-refractivity contribution in [2.75, 3.05) is 5.73 Å². The first-order valence-electron chi connectivity index (χ1n) is 11.0. The average Bonchev–Trinajstić information content (AvgIpc) is 3.56. The van der Waals surface area contributed by atoms with Gasteiger partial charge in [0.1, 0.15) is 5.69 Å². The summed E-state index contributed by atoms with van der Waals surface area (Å²) in [5, 5.41) is 8.59. The number of pyridine rings is 1. The van der Waals surface area contributed by atoms with E-state index in [1.165, 1.54) is 11.3 Å². The number of ketones is 1. The fourth-order valence-electron chi connectivity index (χ4n) is 4.26. The molecule has 1 aliphatic rings. The van der Waals surface area contributed by atoms with Crippen LogP contribution < -0.4 is 11.5 Å². The van der Waals surface area contributed by atoms with Crippen LogP contribution in [0, 0.1) is 0 Å². The second-order valence-electron chi connectivity index (χ2n) is 8.47. The second-order valence-corrected chi connectivity index (χ2v) is 9.55. The SMILES string of the molecule is CC(=O)c1ccc(C2=CC=C(N)Cc3[nH]c(-c4n[nH]c5ccc(-c6cncc(N)c6)cc45)nc32)s1. The van der Waals surface area contributed by atoms with Gasteiger partial charge in [0.2, 0.25) is 0 Å². The number of nitrogens with one attached hydrogen (secondary N) is 2. The summed E-state index contributed by atoms with van der Waals surface area (Å²) < 4.78 is 0. The lowest BCUT2D eigenvalue weighted by Crippen LogP contribution is -2.01. The van der Waals surface area contributed by atoms with Crippen molar-refractivity contribution in [2.45, 2.75) is 13.3 Å². The van der Waals surface area contributed by atoms with E-state index in [2.05, 4.69) is 26.2 Å². The topological polar surface area (TPSA) is 139 Å². The molecule has 1 aromatic carbocycles. The number of carbonyl (C=O) groups is 1. The molecule has 8 nitrogen and oxygen atoms in total. The third kappa shape index (κ3) is 3.71. The summed E-state index contributed by atoms with van der Waals surface area (Å²) in [7, 11) is 0. The van der Waals surface area contributed by atoms with Crippen LogP contribution in [0.1, 0.15) is 32.9 Å². The van der Waals surface area contributed by atoms with E-state index in [0.717, 1.165) is 49.6 Å². The summed E-state index contributed by atoms with van der Waals surface area (Å²) in [6.07, 6.45) is 7.81. The van der Waals surface area contributed by atoms with Crippen LogP contribution in [0.5, 0.6) is 0 Å². The predicted octanol–water partition coefficient (Wildman–Crippen LogP) is 4.69. The van der Waals surface area contributed by atoms with Crippen molar-refractivity contribution in [1.82, 2.24) is 25.1 Å². The minimum absolute atomic E-state index is 0.0441. The highest BCUT2D eigenvalue weighted by molar-refractivity contribution is 7.15. The number of allylic oxidation sites excluding steroid dienone is 3. The third-order valence-corrected chi connectivity index (χ3v) is 7.20. The van der Waals surface area contributed by atoms with Crippen LogP contribution in [0.25, 0.3) is 39.1 Å². The molecule has 0 saturated carbocycles. The Morgan fingerprint density at radius 3 is 2.71 bits per heavy atom. The Bertz CT molecular complexity index is 1680. The Balaban J connectivity index is 1.46. The van der Waals surface area contributed by atoms with E-state index in [0.29, 0.717) is 28.5 Å².